The molecule has 15 heavy (non-hydrogen) atoms. The van der Waals surface area contributed by atoms with Crippen molar-refractivity contribution < 1.29 is 9.53 Å². The Bertz CT molecular complexity index is 235. The lowest BCUT2D eigenvalue weighted by Crippen LogP contribution is -2.55. The zero-order chi connectivity index (χ0) is 11.5. The summed E-state index contributed by atoms with van der Waals surface area (Å²) >= 11 is 0. The Kier molecular flexibility index (Phi) is 4.07. The van der Waals surface area contributed by atoms with Gasteiger partial charge >= 0.3 is 0 Å². The van der Waals surface area contributed by atoms with Gasteiger partial charge in [-0.3, -0.25) is 15.1 Å². The van der Waals surface area contributed by atoms with Crippen molar-refractivity contribution in [3.63, 3.8) is 0 Å². The summed E-state index contributed by atoms with van der Waals surface area (Å²) in [5.41, 5.74) is 2.05. The minimum Gasteiger partial charge on any atom is -0.377 e. The molecule has 1 rings (SSSR count). The summed E-state index contributed by atoms with van der Waals surface area (Å²) in [6.45, 7) is 5.64. The number of hydrogen-bond acceptors (Lipinski definition) is 4. The first-order valence-corrected chi connectivity index (χ1v) is 5.32. The van der Waals surface area contributed by atoms with E-state index in [1.54, 1.807) is 7.11 Å². The molecule has 0 aromatic carbocycles. The number of amides is 1. The van der Waals surface area contributed by atoms with Gasteiger partial charge in [0.25, 0.3) is 5.91 Å². The number of methoxy groups -OCH3 is 1. The van der Waals surface area contributed by atoms with E-state index in [2.05, 4.69) is 17.2 Å². The van der Waals surface area contributed by atoms with Crippen LogP contribution in [0.4, 0.5) is 0 Å². The van der Waals surface area contributed by atoms with E-state index >= 15 is 0 Å². The highest BCUT2D eigenvalue weighted by Crippen LogP contribution is 2.24. The summed E-state index contributed by atoms with van der Waals surface area (Å²) in [6.07, 6.45) is 2.09. The highest BCUT2D eigenvalue weighted by molar-refractivity contribution is 5.80. The molecule has 5 nitrogen and oxygen atoms in total. The standard InChI is InChI=1S/C10H21N3O2/c1-8(9(14)12-11)13-6-4-5-10(2,7-13)15-3/h8H,4-7,11H2,1-3H3,(H,12,14). The van der Waals surface area contributed by atoms with Gasteiger partial charge in [-0.2, -0.15) is 0 Å². The molecule has 1 aliphatic heterocycles. The first kappa shape index (κ1) is 12.4. The molecule has 2 unspecified atom stereocenters. The van der Waals surface area contributed by atoms with Gasteiger partial charge in [-0.1, -0.05) is 0 Å². The predicted molar refractivity (Wildman–Crippen MR) is 58.0 cm³/mol. The largest absolute Gasteiger partial charge is 0.377 e. The number of rotatable bonds is 3. The van der Waals surface area contributed by atoms with E-state index in [9.17, 15) is 4.79 Å². The summed E-state index contributed by atoms with van der Waals surface area (Å²) in [6, 6.07) is -0.190. The smallest absolute Gasteiger partial charge is 0.250 e. The lowest BCUT2D eigenvalue weighted by molar-refractivity contribution is -0.129. The molecule has 0 aliphatic carbocycles. The third-order valence-electron chi connectivity index (χ3n) is 3.25. The number of nitrogens with one attached hydrogen (secondary N) is 1. The fourth-order valence-electron chi connectivity index (χ4n) is 2.03. The van der Waals surface area contributed by atoms with Crippen LogP contribution < -0.4 is 11.3 Å². The second-order valence-electron chi connectivity index (χ2n) is 4.41. The van der Waals surface area contributed by atoms with Gasteiger partial charge in [-0.05, 0) is 33.2 Å². The Morgan fingerprint density at radius 3 is 2.87 bits per heavy atom. The van der Waals surface area contributed by atoms with Gasteiger partial charge in [0.2, 0.25) is 0 Å². The van der Waals surface area contributed by atoms with Gasteiger partial charge in [-0.25, -0.2) is 5.84 Å². The lowest BCUT2D eigenvalue weighted by atomic mass is 9.93. The zero-order valence-electron chi connectivity index (χ0n) is 9.75. The van der Waals surface area contributed by atoms with E-state index in [-0.39, 0.29) is 17.6 Å². The molecule has 0 radical (unpaired) electrons. The van der Waals surface area contributed by atoms with E-state index < -0.39 is 0 Å². The van der Waals surface area contributed by atoms with E-state index in [1.165, 1.54) is 0 Å². The summed E-state index contributed by atoms with van der Waals surface area (Å²) in [5, 5.41) is 0. The molecule has 0 aromatic rings. The number of ether oxygens (including phenoxy) is 1. The van der Waals surface area contributed by atoms with Gasteiger partial charge in [0.05, 0.1) is 11.6 Å². The molecule has 88 valence electrons. The summed E-state index contributed by atoms with van der Waals surface area (Å²) in [5.74, 6) is 4.98. The van der Waals surface area contributed by atoms with Gasteiger partial charge in [0, 0.05) is 13.7 Å². The first-order valence-electron chi connectivity index (χ1n) is 5.32. The van der Waals surface area contributed by atoms with Crippen LogP contribution in [0.15, 0.2) is 0 Å². The minimum absolute atomic E-state index is 0.138. The maximum atomic E-state index is 11.4. The van der Waals surface area contributed by atoms with E-state index in [0.717, 1.165) is 25.9 Å². The van der Waals surface area contributed by atoms with E-state index in [1.807, 2.05) is 6.92 Å². The van der Waals surface area contributed by atoms with Crippen LogP contribution >= 0.6 is 0 Å². The molecule has 0 bridgehead atoms. The zero-order valence-corrected chi connectivity index (χ0v) is 9.75. The predicted octanol–water partition coefficient (Wildman–Crippen LogP) is -0.134. The van der Waals surface area contributed by atoms with Crippen molar-refractivity contribution in [1.29, 1.82) is 0 Å². The minimum atomic E-state index is -0.190. The molecule has 0 saturated carbocycles. The Labute approximate surface area is 90.9 Å². The van der Waals surface area contributed by atoms with Crippen LogP contribution in [0.5, 0.6) is 0 Å². The topological polar surface area (TPSA) is 67.6 Å². The van der Waals surface area contributed by atoms with Crippen LogP contribution in [-0.2, 0) is 9.53 Å². The van der Waals surface area contributed by atoms with Crippen molar-refractivity contribution in [2.75, 3.05) is 20.2 Å². The Hall–Kier alpha value is -0.650. The van der Waals surface area contributed by atoms with Crippen molar-refractivity contribution in [1.82, 2.24) is 10.3 Å². The number of nitrogens with two attached hydrogens (primary N) is 1. The quantitative estimate of drug-likeness (QED) is 0.391. The molecule has 0 spiro atoms. The fraction of sp³-hybridized carbons (Fsp3) is 0.900. The highest BCUT2D eigenvalue weighted by Gasteiger charge is 2.34. The summed E-state index contributed by atoms with van der Waals surface area (Å²) < 4.78 is 5.47. The lowest BCUT2D eigenvalue weighted by Gasteiger charge is -2.41. The van der Waals surface area contributed by atoms with Gasteiger partial charge in [0.1, 0.15) is 0 Å². The fourth-order valence-corrected chi connectivity index (χ4v) is 2.03. The van der Waals surface area contributed by atoms with Gasteiger partial charge in [-0.15, -0.1) is 0 Å². The summed E-state index contributed by atoms with van der Waals surface area (Å²) in [4.78, 5) is 13.5. The molecule has 1 saturated heterocycles. The molecule has 1 aliphatic rings. The van der Waals surface area contributed by atoms with Crippen LogP contribution in [0.3, 0.4) is 0 Å². The van der Waals surface area contributed by atoms with Crippen molar-refractivity contribution in [3.05, 3.63) is 0 Å². The average molecular weight is 215 g/mol. The van der Waals surface area contributed by atoms with Crippen molar-refractivity contribution in [2.45, 2.75) is 38.3 Å². The van der Waals surface area contributed by atoms with Crippen LogP contribution in [0.25, 0.3) is 0 Å². The van der Waals surface area contributed by atoms with Crippen LogP contribution in [0, 0.1) is 0 Å². The normalized spacial score (nSPS) is 29.9. The molecular formula is C10H21N3O2. The van der Waals surface area contributed by atoms with E-state index in [0.29, 0.717) is 0 Å². The number of carbonyl (C=O) groups excluding carboxylic acids is 1. The molecule has 5 heteroatoms. The third-order valence-corrected chi connectivity index (χ3v) is 3.25. The summed E-state index contributed by atoms with van der Waals surface area (Å²) in [7, 11) is 1.72. The Morgan fingerprint density at radius 2 is 2.33 bits per heavy atom. The molecule has 2 atom stereocenters. The van der Waals surface area contributed by atoms with Crippen LogP contribution in [-0.4, -0.2) is 42.6 Å². The number of carbonyl (C=O) groups is 1. The average Bonchev–Trinajstić information content (AvgIpc) is 2.27. The Morgan fingerprint density at radius 1 is 1.67 bits per heavy atom. The van der Waals surface area contributed by atoms with Crippen LogP contribution in [0.2, 0.25) is 0 Å². The second-order valence-corrected chi connectivity index (χ2v) is 4.41. The molecule has 1 heterocycles. The highest BCUT2D eigenvalue weighted by atomic mass is 16.5. The molecule has 1 fully saturated rings. The van der Waals surface area contributed by atoms with Crippen molar-refractivity contribution in [3.8, 4) is 0 Å². The van der Waals surface area contributed by atoms with Gasteiger partial charge in [0.15, 0.2) is 0 Å². The number of piperidine rings is 1. The number of nitrogens with zero attached hydrogens (tertiary/aromatic N) is 1. The van der Waals surface area contributed by atoms with E-state index in [4.69, 9.17) is 10.6 Å². The first-order chi connectivity index (χ1) is 7.02. The monoisotopic (exact) mass is 215 g/mol. The van der Waals surface area contributed by atoms with Crippen molar-refractivity contribution in [2.24, 2.45) is 5.84 Å². The molecule has 1 amide bonds. The third kappa shape index (κ3) is 2.90. The SMILES string of the molecule is COC1(C)CCCN(C(C)C(=O)NN)C1. The van der Waals surface area contributed by atoms with Crippen molar-refractivity contribution >= 4 is 5.91 Å². The maximum absolute atomic E-state index is 11.4. The van der Waals surface area contributed by atoms with Crippen LogP contribution in [0.1, 0.15) is 26.7 Å². The number of hydrazine groups is 1. The maximum Gasteiger partial charge on any atom is 0.250 e. The molecule has 3 N–H and O–H groups in total. The molecular weight excluding hydrogens is 194 g/mol. The van der Waals surface area contributed by atoms with Gasteiger partial charge < -0.3 is 4.74 Å². The second kappa shape index (κ2) is 4.92. The molecule has 0 aromatic heterocycles. The number of likely N-dealkylation sites (tertiary alicyclic amines) is 1. The Balaban J connectivity index is 2.60. The number of hydrogen-bond donors (Lipinski definition) is 2.